The molecule has 0 aliphatic carbocycles. The molecule has 272 valence electrons. The Labute approximate surface area is 291 Å². The number of hydrogen-bond acceptors (Lipinski definition) is 0. The van der Waals surface area contributed by atoms with Crippen molar-refractivity contribution in [1.82, 2.24) is 4.57 Å². The Bertz CT molecular complexity index is 707. The van der Waals surface area contributed by atoms with Crippen molar-refractivity contribution in [2.24, 2.45) is 0 Å². The molecule has 0 unspecified atom stereocenters. The zero-order valence-electron chi connectivity index (χ0n) is 32.4. The van der Waals surface area contributed by atoms with Gasteiger partial charge in [-0.3, -0.25) is 0 Å². The van der Waals surface area contributed by atoms with Gasteiger partial charge in [-0.25, -0.2) is 9.13 Å². The highest BCUT2D eigenvalue weighted by molar-refractivity contribution is 4.84. The molecule has 0 spiro atoms. The minimum Gasteiger partial charge on any atom is -0.234 e. The minimum absolute atomic E-state index is 1.23. The van der Waals surface area contributed by atoms with Gasteiger partial charge in [0.05, 0.1) is 13.1 Å². The Kier molecular flexibility index (Phi) is 33.4. The first-order valence-electron chi connectivity index (χ1n) is 21.9. The van der Waals surface area contributed by atoms with E-state index in [1.807, 2.05) is 0 Å². The fourth-order valence-corrected chi connectivity index (χ4v) is 7.39. The van der Waals surface area contributed by atoms with Crippen LogP contribution in [0.5, 0.6) is 0 Å². The molecule has 0 aliphatic heterocycles. The van der Waals surface area contributed by atoms with E-state index < -0.39 is 0 Å². The van der Waals surface area contributed by atoms with E-state index >= 15 is 0 Å². The lowest BCUT2D eigenvalue weighted by Crippen LogP contribution is -2.37. The predicted octanol–water partition coefficient (Wildman–Crippen LogP) is 15.0. The van der Waals surface area contributed by atoms with Crippen LogP contribution in [0.4, 0.5) is 0 Å². The number of rotatable bonds is 38. The molecule has 0 fully saturated rings. The number of unbranched alkanes of at least 4 members (excludes halogenated alkanes) is 32. The van der Waals surface area contributed by atoms with Crippen molar-refractivity contribution in [1.29, 1.82) is 0 Å². The summed E-state index contributed by atoms with van der Waals surface area (Å²) >= 11 is 0. The summed E-state index contributed by atoms with van der Waals surface area (Å²) in [5.41, 5.74) is 0. The van der Waals surface area contributed by atoms with Crippen molar-refractivity contribution in [3.63, 3.8) is 0 Å². The van der Waals surface area contributed by atoms with E-state index in [0.29, 0.717) is 0 Å². The van der Waals surface area contributed by atoms with Crippen LogP contribution in [0.1, 0.15) is 251 Å². The maximum atomic E-state index is 2.64. The first-order chi connectivity index (χ1) is 22.8. The third kappa shape index (κ3) is 27.2. The van der Waals surface area contributed by atoms with Gasteiger partial charge in [0.1, 0.15) is 12.4 Å². The number of aromatic nitrogens is 2. The van der Waals surface area contributed by atoms with Crippen LogP contribution in [0.15, 0.2) is 12.4 Å². The average Bonchev–Trinajstić information content (AvgIpc) is 3.45. The third-order valence-electron chi connectivity index (χ3n) is 10.6. The van der Waals surface area contributed by atoms with Gasteiger partial charge in [0.2, 0.25) is 0 Å². The van der Waals surface area contributed by atoms with Crippen molar-refractivity contribution in [2.75, 3.05) is 0 Å². The van der Waals surface area contributed by atoms with E-state index in [4.69, 9.17) is 0 Å². The molecule has 2 heteroatoms. The van der Waals surface area contributed by atoms with Crippen molar-refractivity contribution < 1.29 is 4.57 Å². The van der Waals surface area contributed by atoms with Gasteiger partial charge in [-0.1, -0.05) is 213 Å². The molecule has 1 aromatic rings. The van der Waals surface area contributed by atoms with Crippen LogP contribution in [0.2, 0.25) is 0 Å². The van der Waals surface area contributed by atoms with Crippen LogP contribution in [0.3, 0.4) is 0 Å². The first-order valence-corrected chi connectivity index (χ1v) is 21.9. The highest BCUT2D eigenvalue weighted by atomic mass is 15.1. The van der Waals surface area contributed by atoms with Gasteiger partial charge < -0.3 is 0 Å². The summed E-state index contributed by atoms with van der Waals surface area (Å²) < 4.78 is 5.27. The van der Waals surface area contributed by atoms with Gasteiger partial charge in [0, 0.05) is 6.42 Å². The molecule has 46 heavy (non-hydrogen) atoms. The fraction of sp³-hybridized carbons (Fsp3) is 0.932. The van der Waals surface area contributed by atoms with Crippen LogP contribution < -0.4 is 4.57 Å². The highest BCUT2D eigenvalue weighted by Gasteiger charge is 2.16. The van der Waals surface area contributed by atoms with Crippen molar-refractivity contribution in [2.45, 2.75) is 265 Å². The van der Waals surface area contributed by atoms with Crippen LogP contribution in [0.25, 0.3) is 0 Å². The van der Waals surface area contributed by atoms with E-state index in [0.717, 1.165) is 0 Å². The molecule has 1 rings (SSSR count). The molecule has 0 atom stereocenters. The Morgan fingerprint density at radius 2 is 0.674 bits per heavy atom. The molecule has 0 bridgehead atoms. The molecular formula is C44H87N2+. The van der Waals surface area contributed by atoms with Gasteiger partial charge in [-0.05, 0) is 32.1 Å². The molecule has 0 amide bonds. The Morgan fingerprint density at radius 3 is 1.04 bits per heavy atom. The van der Waals surface area contributed by atoms with Gasteiger partial charge in [-0.2, -0.15) is 0 Å². The Hall–Kier alpha value is -0.790. The van der Waals surface area contributed by atoms with E-state index in [1.165, 1.54) is 244 Å². The van der Waals surface area contributed by atoms with Crippen molar-refractivity contribution in [3.05, 3.63) is 18.2 Å². The van der Waals surface area contributed by atoms with E-state index in [-0.39, 0.29) is 0 Å². The molecular weight excluding hydrogens is 556 g/mol. The third-order valence-corrected chi connectivity index (χ3v) is 10.6. The zero-order valence-corrected chi connectivity index (χ0v) is 32.4. The van der Waals surface area contributed by atoms with Gasteiger partial charge >= 0.3 is 0 Å². The first kappa shape index (κ1) is 43.2. The van der Waals surface area contributed by atoms with Crippen molar-refractivity contribution in [3.8, 4) is 0 Å². The van der Waals surface area contributed by atoms with E-state index in [1.54, 1.807) is 5.82 Å². The van der Waals surface area contributed by atoms with Crippen LogP contribution in [-0.2, 0) is 19.5 Å². The van der Waals surface area contributed by atoms with E-state index in [9.17, 15) is 0 Å². The Balaban J connectivity index is 2.19. The summed E-state index contributed by atoms with van der Waals surface area (Å²) in [6, 6.07) is 0. The zero-order chi connectivity index (χ0) is 33.0. The molecule has 0 N–H and O–H groups in total. The lowest BCUT2D eigenvalue weighted by Gasteiger charge is -2.07. The molecule has 2 nitrogen and oxygen atoms in total. The van der Waals surface area contributed by atoms with Crippen LogP contribution in [0, 0.1) is 0 Å². The smallest absolute Gasteiger partial charge is 0.234 e. The van der Waals surface area contributed by atoms with Gasteiger partial charge in [0.15, 0.2) is 0 Å². The summed E-state index contributed by atoms with van der Waals surface area (Å²) in [7, 11) is 0. The van der Waals surface area contributed by atoms with Gasteiger partial charge in [-0.15, -0.1) is 0 Å². The van der Waals surface area contributed by atoms with Crippen LogP contribution >= 0.6 is 0 Å². The summed E-state index contributed by atoms with van der Waals surface area (Å²) in [5.74, 6) is 1.62. The normalized spacial score (nSPS) is 11.6. The topological polar surface area (TPSA) is 8.81 Å². The summed E-state index contributed by atoms with van der Waals surface area (Å²) in [6.07, 6.45) is 56.4. The average molecular weight is 644 g/mol. The molecule has 0 aliphatic rings. The molecule has 0 radical (unpaired) electrons. The number of aryl methyl sites for hydroxylation is 2. The molecule has 1 aromatic heterocycles. The van der Waals surface area contributed by atoms with Crippen molar-refractivity contribution >= 4 is 0 Å². The minimum atomic E-state index is 1.23. The number of nitrogens with zero attached hydrogens (tertiary/aromatic N) is 2. The van der Waals surface area contributed by atoms with Gasteiger partial charge in [0.25, 0.3) is 5.82 Å². The maximum absolute atomic E-state index is 2.64. The molecule has 0 aromatic carbocycles. The van der Waals surface area contributed by atoms with Crippen LogP contribution in [-0.4, -0.2) is 4.57 Å². The fourth-order valence-electron chi connectivity index (χ4n) is 7.39. The highest BCUT2D eigenvalue weighted by Crippen LogP contribution is 2.16. The number of imidazole rings is 1. The quantitative estimate of drug-likeness (QED) is 0.0501. The maximum Gasteiger partial charge on any atom is 0.256 e. The second kappa shape index (κ2) is 35.5. The second-order valence-corrected chi connectivity index (χ2v) is 15.2. The SMILES string of the molecule is CCCCCCCCCCCCCCCCCCCc1n(CCCCCCCC)cc[n+]1CCCCCCCCCCCCCC. The lowest BCUT2D eigenvalue weighted by atomic mass is 10.0. The largest absolute Gasteiger partial charge is 0.256 e. The predicted molar refractivity (Wildman–Crippen MR) is 207 cm³/mol. The second-order valence-electron chi connectivity index (χ2n) is 15.2. The Morgan fingerprint density at radius 1 is 0.370 bits per heavy atom. The number of hydrogen-bond donors (Lipinski definition) is 0. The summed E-state index contributed by atoms with van der Waals surface area (Å²) in [4.78, 5) is 0. The lowest BCUT2D eigenvalue weighted by molar-refractivity contribution is -0.704. The molecule has 0 saturated heterocycles. The molecule has 1 heterocycles. The van der Waals surface area contributed by atoms with E-state index in [2.05, 4.69) is 42.3 Å². The monoisotopic (exact) mass is 644 g/mol. The molecule has 0 saturated carbocycles. The summed E-state index contributed by atoms with van der Waals surface area (Å²) in [5, 5.41) is 0. The summed E-state index contributed by atoms with van der Waals surface area (Å²) in [6.45, 7) is 9.40. The standard InChI is InChI=1S/C44H87N2/c1-4-7-10-13-16-18-20-22-23-24-25-26-27-29-31-33-36-39-44-45(40-37-34-15-12-9-6-3)42-43-46(44)41-38-35-32-30-28-21-19-17-14-11-8-5-2/h42-43H,4-41H2,1-3H3/q+1.